The largest absolute Gasteiger partial charge is 0.300 e. The zero-order chi connectivity index (χ0) is 11.0. The third-order valence-electron chi connectivity index (χ3n) is 3.88. The molecule has 0 aromatic heterocycles. The lowest BCUT2D eigenvalue weighted by Crippen LogP contribution is -2.21. The van der Waals surface area contributed by atoms with Crippen molar-refractivity contribution >= 4 is 18.2 Å². The number of carbonyl (C=O) groups is 1. The van der Waals surface area contributed by atoms with Crippen molar-refractivity contribution in [3.05, 3.63) is 35.9 Å². The van der Waals surface area contributed by atoms with E-state index in [1.54, 1.807) is 0 Å². The first-order valence-corrected chi connectivity index (χ1v) is 6.09. The van der Waals surface area contributed by atoms with E-state index in [2.05, 4.69) is 35.2 Å². The van der Waals surface area contributed by atoms with Crippen LogP contribution >= 0.6 is 12.4 Å². The van der Waals surface area contributed by atoms with Gasteiger partial charge >= 0.3 is 0 Å². The molecule has 2 aliphatic rings. The molecule has 1 aromatic carbocycles. The molecular weight excluding hydrogens is 234 g/mol. The highest BCUT2D eigenvalue weighted by atomic mass is 35.5. The lowest BCUT2D eigenvalue weighted by molar-refractivity contribution is -0.118. The molecule has 1 aliphatic carbocycles. The maximum atomic E-state index is 11.3. The molecule has 0 radical (unpaired) electrons. The minimum absolute atomic E-state index is 0. The Labute approximate surface area is 108 Å². The lowest BCUT2D eigenvalue weighted by atomic mass is 10.0. The van der Waals surface area contributed by atoms with Crippen molar-refractivity contribution in [2.45, 2.75) is 19.4 Å². The van der Waals surface area contributed by atoms with Crippen LogP contribution in [-0.2, 0) is 11.3 Å². The van der Waals surface area contributed by atoms with Gasteiger partial charge in [0.15, 0.2) is 0 Å². The smallest absolute Gasteiger partial charge is 0.133 e. The molecular formula is C14H18ClNO. The summed E-state index contributed by atoms with van der Waals surface area (Å²) in [4.78, 5) is 13.8. The molecule has 92 valence electrons. The highest BCUT2D eigenvalue weighted by Crippen LogP contribution is 2.36. The maximum Gasteiger partial charge on any atom is 0.133 e. The van der Waals surface area contributed by atoms with E-state index in [1.807, 2.05) is 0 Å². The van der Waals surface area contributed by atoms with E-state index in [-0.39, 0.29) is 12.4 Å². The second-order valence-corrected chi connectivity index (χ2v) is 5.15. The molecule has 2 fully saturated rings. The summed E-state index contributed by atoms with van der Waals surface area (Å²) in [5.41, 5.74) is 1.38. The third-order valence-corrected chi connectivity index (χ3v) is 3.88. The Balaban J connectivity index is 0.00000108. The summed E-state index contributed by atoms with van der Waals surface area (Å²) in [6.07, 6.45) is 1.66. The number of fused-ring (bicyclic) bond motifs is 1. The van der Waals surface area contributed by atoms with Crippen LogP contribution in [0, 0.1) is 11.8 Å². The first-order chi connectivity index (χ1) is 7.81. The molecule has 0 bridgehead atoms. The van der Waals surface area contributed by atoms with Crippen LogP contribution in [0.1, 0.15) is 18.4 Å². The first kappa shape index (κ1) is 12.6. The topological polar surface area (TPSA) is 20.3 Å². The Kier molecular flexibility index (Phi) is 3.85. The molecule has 17 heavy (non-hydrogen) atoms. The molecule has 1 heterocycles. The molecule has 1 saturated carbocycles. The minimum Gasteiger partial charge on any atom is -0.300 e. The van der Waals surface area contributed by atoms with Crippen LogP contribution < -0.4 is 0 Å². The van der Waals surface area contributed by atoms with Crippen molar-refractivity contribution in [3.63, 3.8) is 0 Å². The van der Waals surface area contributed by atoms with E-state index in [4.69, 9.17) is 0 Å². The van der Waals surface area contributed by atoms with Crippen LogP contribution in [0.4, 0.5) is 0 Å². The summed E-state index contributed by atoms with van der Waals surface area (Å²) in [5, 5.41) is 0. The monoisotopic (exact) mass is 251 g/mol. The average molecular weight is 252 g/mol. The Bertz CT molecular complexity index is 376. The van der Waals surface area contributed by atoms with Gasteiger partial charge in [-0.25, -0.2) is 0 Å². The van der Waals surface area contributed by atoms with Crippen LogP contribution in [0.2, 0.25) is 0 Å². The molecule has 3 heteroatoms. The van der Waals surface area contributed by atoms with E-state index in [0.717, 1.165) is 32.5 Å². The van der Waals surface area contributed by atoms with Gasteiger partial charge in [0.2, 0.25) is 0 Å². The van der Waals surface area contributed by atoms with Gasteiger partial charge in [0.05, 0.1) is 0 Å². The molecule has 0 N–H and O–H groups in total. The van der Waals surface area contributed by atoms with Crippen LogP contribution in [0.15, 0.2) is 30.3 Å². The van der Waals surface area contributed by atoms with Crippen molar-refractivity contribution < 1.29 is 4.79 Å². The zero-order valence-corrected chi connectivity index (χ0v) is 10.7. The van der Waals surface area contributed by atoms with Crippen molar-refractivity contribution in [3.8, 4) is 0 Å². The molecule has 1 aromatic rings. The van der Waals surface area contributed by atoms with Crippen LogP contribution in [-0.4, -0.2) is 23.8 Å². The fourth-order valence-corrected chi connectivity index (χ4v) is 3.14. The van der Waals surface area contributed by atoms with Gasteiger partial charge < -0.3 is 0 Å². The van der Waals surface area contributed by atoms with Gasteiger partial charge in [-0.15, -0.1) is 12.4 Å². The van der Waals surface area contributed by atoms with Gasteiger partial charge in [-0.05, 0) is 17.4 Å². The minimum atomic E-state index is 0. The van der Waals surface area contributed by atoms with E-state index in [1.165, 1.54) is 5.56 Å². The quantitative estimate of drug-likeness (QED) is 0.805. The maximum absolute atomic E-state index is 11.3. The summed E-state index contributed by atoms with van der Waals surface area (Å²) in [5.74, 6) is 1.78. The van der Waals surface area contributed by atoms with Gasteiger partial charge in [0.1, 0.15) is 5.78 Å². The van der Waals surface area contributed by atoms with Gasteiger partial charge in [-0.2, -0.15) is 0 Å². The molecule has 1 saturated heterocycles. The second kappa shape index (κ2) is 5.19. The van der Waals surface area contributed by atoms with Crippen molar-refractivity contribution in [1.82, 2.24) is 4.90 Å². The van der Waals surface area contributed by atoms with Crippen molar-refractivity contribution in [2.75, 3.05) is 13.1 Å². The number of hydrogen-bond acceptors (Lipinski definition) is 2. The fourth-order valence-electron chi connectivity index (χ4n) is 3.14. The van der Waals surface area contributed by atoms with E-state index >= 15 is 0 Å². The predicted octanol–water partition coefficient (Wildman–Crippen LogP) is 2.52. The summed E-state index contributed by atoms with van der Waals surface area (Å²) in [6.45, 7) is 3.28. The van der Waals surface area contributed by atoms with E-state index in [0.29, 0.717) is 17.6 Å². The van der Waals surface area contributed by atoms with Crippen LogP contribution in [0.3, 0.4) is 0 Å². The predicted molar refractivity (Wildman–Crippen MR) is 70.2 cm³/mol. The van der Waals surface area contributed by atoms with Gasteiger partial charge in [0.25, 0.3) is 0 Å². The number of Topliss-reactive ketones (excluding diaryl/α,β-unsaturated/α-hetero) is 1. The van der Waals surface area contributed by atoms with Gasteiger partial charge in [-0.1, -0.05) is 30.3 Å². The number of hydrogen-bond donors (Lipinski definition) is 0. The normalized spacial score (nSPS) is 27.9. The number of halogens is 1. The highest BCUT2D eigenvalue weighted by Gasteiger charge is 2.39. The third kappa shape index (κ3) is 2.70. The van der Waals surface area contributed by atoms with Gasteiger partial charge in [-0.3, -0.25) is 9.69 Å². The summed E-state index contributed by atoms with van der Waals surface area (Å²) in [6, 6.07) is 10.6. The number of nitrogens with zero attached hydrogens (tertiary/aromatic N) is 1. The van der Waals surface area contributed by atoms with Crippen LogP contribution in [0.25, 0.3) is 0 Å². The molecule has 0 amide bonds. The van der Waals surface area contributed by atoms with Crippen molar-refractivity contribution in [1.29, 1.82) is 0 Å². The highest BCUT2D eigenvalue weighted by molar-refractivity contribution is 5.85. The number of benzene rings is 1. The summed E-state index contributed by atoms with van der Waals surface area (Å²) < 4.78 is 0. The Morgan fingerprint density at radius 1 is 1.06 bits per heavy atom. The number of rotatable bonds is 2. The number of likely N-dealkylation sites (tertiary alicyclic amines) is 1. The average Bonchev–Trinajstić information content (AvgIpc) is 2.76. The molecule has 0 spiro atoms. The molecule has 1 aliphatic heterocycles. The molecule has 3 rings (SSSR count). The van der Waals surface area contributed by atoms with E-state index < -0.39 is 0 Å². The Morgan fingerprint density at radius 3 is 2.24 bits per heavy atom. The lowest BCUT2D eigenvalue weighted by Gasteiger charge is -2.16. The first-order valence-electron chi connectivity index (χ1n) is 6.09. The summed E-state index contributed by atoms with van der Waals surface area (Å²) in [7, 11) is 0. The van der Waals surface area contributed by atoms with Crippen LogP contribution in [0.5, 0.6) is 0 Å². The van der Waals surface area contributed by atoms with E-state index in [9.17, 15) is 4.79 Å². The Hall–Kier alpha value is -0.860. The second-order valence-electron chi connectivity index (χ2n) is 5.15. The molecule has 2 atom stereocenters. The summed E-state index contributed by atoms with van der Waals surface area (Å²) >= 11 is 0. The molecule has 0 unspecified atom stereocenters. The Morgan fingerprint density at radius 2 is 1.65 bits per heavy atom. The standard InChI is InChI=1S/C14H17NO.ClH/c16-14-6-12-9-15(10-13(12)7-14)8-11-4-2-1-3-5-11;/h1-5,12-13H,6-10H2;1H/t12-,13-;/m1./s1. The number of ketones is 1. The van der Waals surface area contributed by atoms with Gasteiger partial charge in [0, 0.05) is 32.5 Å². The zero-order valence-electron chi connectivity index (χ0n) is 9.84. The van der Waals surface area contributed by atoms with Crippen molar-refractivity contribution in [2.24, 2.45) is 11.8 Å². The molecule has 2 nitrogen and oxygen atoms in total. The number of carbonyl (C=O) groups excluding carboxylic acids is 1. The fraction of sp³-hybridized carbons (Fsp3) is 0.500. The SMILES string of the molecule is Cl.O=C1C[C@@H]2CN(Cc3ccccc3)C[C@H]2C1.